The fraction of sp³-hybridized carbons (Fsp3) is 0.605. The number of carbonyl (C=O) groups excluding carboxylic acids is 7. The lowest BCUT2D eigenvalue weighted by Gasteiger charge is -2.18. The first kappa shape index (κ1) is 55.9. The molecule has 352 valence electrons. The van der Waals surface area contributed by atoms with E-state index in [0.717, 1.165) is 17.9 Å². The van der Waals surface area contributed by atoms with Crippen LogP contribution in [0.2, 0.25) is 0 Å². The molecular formula is C43H66N6O12S2. The number of rotatable bonds is 39. The number of carbonyl (C=O) groups is 7. The van der Waals surface area contributed by atoms with Crippen LogP contribution in [0.5, 0.6) is 5.75 Å². The van der Waals surface area contributed by atoms with Gasteiger partial charge in [0.05, 0.1) is 28.4 Å². The second-order valence-corrected chi connectivity index (χ2v) is 17.6. The van der Waals surface area contributed by atoms with Crippen molar-refractivity contribution >= 4 is 68.4 Å². The summed E-state index contributed by atoms with van der Waals surface area (Å²) in [7, 11) is 3.33. The molecule has 0 aliphatic carbocycles. The highest BCUT2D eigenvalue weighted by Crippen LogP contribution is 2.23. The maximum atomic E-state index is 13.2. The van der Waals surface area contributed by atoms with E-state index in [-0.39, 0.29) is 91.3 Å². The first-order chi connectivity index (χ1) is 30.1. The predicted molar refractivity (Wildman–Crippen MR) is 243 cm³/mol. The highest BCUT2D eigenvalue weighted by atomic mass is 33.1. The number of nitro groups is 1. The molecule has 0 fully saturated rings. The summed E-state index contributed by atoms with van der Waals surface area (Å²) in [6, 6.07) is 5.09. The van der Waals surface area contributed by atoms with Crippen molar-refractivity contribution in [1.82, 2.24) is 16.0 Å². The van der Waals surface area contributed by atoms with Gasteiger partial charge < -0.3 is 41.6 Å². The number of benzene rings is 1. The molecule has 2 unspecified atom stereocenters. The fourth-order valence-corrected chi connectivity index (χ4v) is 7.98. The molecule has 0 saturated carbocycles. The number of nitro benzene ring substituents is 1. The van der Waals surface area contributed by atoms with Crippen molar-refractivity contribution in [3.8, 4) is 5.75 Å². The number of ketones is 3. The van der Waals surface area contributed by atoms with Gasteiger partial charge in [0.15, 0.2) is 0 Å². The maximum Gasteiger partial charge on any atom is 0.312 e. The van der Waals surface area contributed by atoms with E-state index in [4.69, 9.17) is 25.7 Å². The number of nitrogens with zero attached hydrogens (tertiary/aromatic N) is 1. The van der Waals surface area contributed by atoms with E-state index in [1.165, 1.54) is 31.2 Å². The van der Waals surface area contributed by atoms with E-state index in [1.807, 2.05) is 0 Å². The molecule has 7 N–H and O–H groups in total. The Labute approximate surface area is 378 Å². The van der Waals surface area contributed by atoms with E-state index in [1.54, 1.807) is 21.6 Å². The van der Waals surface area contributed by atoms with Crippen LogP contribution < -0.4 is 32.2 Å². The average molecular weight is 923 g/mol. The molecule has 0 heterocycles. The summed E-state index contributed by atoms with van der Waals surface area (Å²) in [6.45, 7) is 9.43. The highest BCUT2D eigenvalue weighted by Gasteiger charge is 2.25. The second-order valence-electron chi connectivity index (χ2n) is 14.9. The third-order valence-corrected chi connectivity index (χ3v) is 11.8. The van der Waals surface area contributed by atoms with Crippen LogP contribution in [0, 0.1) is 22.0 Å². The van der Waals surface area contributed by atoms with Gasteiger partial charge in [-0.15, -0.1) is 0 Å². The first-order valence-electron chi connectivity index (χ1n) is 21.3. The summed E-state index contributed by atoms with van der Waals surface area (Å²) in [5.74, 6) is -1.24. The van der Waals surface area contributed by atoms with Gasteiger partial charge in [-0.1, -0.05) is 34.7 Å². The predicted octanol–water partition coefficient (Wildman–Crippen LogP) is 5.67. The average Bonchev–Trinajstić information content (AvgIpc) is 3.22. The van der Waals surface area contributed by atoms with Crippen LogP contribution in [-0.2, 0) is 43.0 Å². The Hall–Kier alpha value is -5.11. The monoisotopic (exact) mass is 922 g/mol. The number of amides is 1. The molecule has 0 aromatic heterocycles. The molecule has 2 atom stereocenters. The van der Waals surface area contributed by atoms with Crippen molar-refractivity contribution in [2.24, 2.45) is 23.3 Å². The smallest absolute Gasteiger partial charge is 0.312 e. The zero-order valence-corrected chi connectivity index (χ0v) is 38.1. The zero-order chi connectivity index (χ0) is 46.8. The number of non-ortho nitro benzene ring substituents is 1. The maximum absolute atomic E-state index is 13.2. The Balaban J connectivity index is 2.57. The van der Waals surface area contributed by atoms with Gasteiger partial charge in [0.1, 0.15) is 23.1 Å². The lowest BCUT2D eigenvalue weighted by molar-refractivity contribution is -0.384. The first-order valence-corrected chi connectivity index (χ1v) is 23.7. The number of unbranched alkanes of at least 4 members (excludes halogenated alkanes) is 2. The molecule has 1 aromatic carbocycles. The van der Waals surface area contributed by atoms with Crippen LogP contribution >= 0.6 is 21.6 Å². The van der Waals surface area contributed by atoms with Gasteiger partial charge in [-0.2, -0.15) is 0 Å². The van der Waals surface area contributed by atoms with Crippen molar-refractivity contribution < 1.29 is 52.7 Å². The number of ether oxygens (including phenoxy) is 3. The molecule has 1 aromatic rings. The van der Waals surface area contributed by atoms with Crippen LogP contribution in [0.3, 0.4) is 0 Å². The van der Waals surface area contributed by atoms with Crippen molar-refractivity contribution in [2.45, 2.75) is 116 Å². The third-order valence-electron chi connectivity index (χ3n) is 9.33. The summed E-state index contributed by atoms with van der Waals surface area (Å²) in [4.78, 5) is 97.6. The normalized spacial score (nSPS) is 11.6. The van der Waals surface area contributed by atoms with E-state index in [2.05, 4.69) is 29.1 Å². The SMILES string of the molecule is C=C(N)NCCCC(CCC(=O)CCCCC(=O)CCCSSCCNC(C)=O)C(=O)OCOC(=O)C(CCCNC(=C)N)CC(=O)CCCCC(=O)Oc1ccc([N+](=O)[O-])cc1. The third kappa shape index (κ3) is 30.6. The lowest BCUT2D eigenvalue weighted by atomic mass is 9.94. The van der Waals surface area contributed by atoms with Crippen LogP contribution in [0.1, 0.15) is 116 Å². The van der Waals surface area contributed by atoms with Gasteiger partial charge in [-0.25, -0.2) is 0 Å². The molecule has 0 aliphatic heterocycles. The van der Waals surface area contributed by atoms with Gasteiger partial charge in [0.2, 0.25) is 12.7 Å². The Morgan fingerprint density at radius 2 is 1.16 bits per heavy atom. The largest absolute Gasteiger partial charge is 0.428 e. The van der Waals surface area contributed by atoms with E-state index in [9.17, 15) is 43.7 Å². The molecule has 18 nitrogen and oxygen atoms in total. The lowest BCUT2D eigenvalue weighted by Crippen LogP contribution is -2.27. The Morgan fingerprint density at radius 1 is 0.651 bits per heavy atom. The van der Waals surface area contributed by atoms with Crippen molar-refractivity contribution in [1.29, 1.82) is 0 Å². The molecule has 0 bridgehead atoms. The summed E-state index contributed by atoms with van der Waals surface area (Å²) in [5, 5.41) is 19.3. The molecule has 0 aliphatic rings. The molecular weight excluding hydrogens is 857 g/mol. The number of nitrogens with one attached hydrogen (secondary N) is 3. The zero-order valence-electron chi connectivity index (χ0n) is 36.5. The standard InChI is InChI=1S/C43H66N6O12S2/c1-31(44)46-24-8-11-34(18-21-38(52)14-5-4-13-37(51)16-10-27-62-63-28-26-48-33(3)50)42(55)59-30-60-43(56)35(12-9-25-47-32(2)45)29-39(53)15-6-7-17-41(54)61-40-22-19-36(20-23-40)49(57)58/h19-20,22-23,34-35,46-47H,1-2,4-18,21,24-30,44-45H2,3H3,(H,48,50). The van der Waals surface area contributed by atoms with Gasteiger partial charge in [-0.3, -0.25) is 43.7 Å². The minimum absolute atomic E-state index is 0.0111. The highest BCUT2D eigenvalue weighted by molar-refractivity contribution is 8.76. The van der Waals surface area contributed by atoms with Gasteiger partial charge in [0.25, 0.3) is 5.69 Å². The molecule has 20 heteroatoms. The number of hydrogen-bond acceptors (Lipinski definition) is 18. The minimum atomic E-state index is -0.841. The molecule has 1 rings (SSSR count). The van der Waals surface area contributed by atoms with Crippen LogP contribution in [0.15, 0.2) is 49.1 Å². The molecule has 0 radical (unpaired) electrons. The number of hydrogen-bond donors (Lipinski definition) is 5. The van der Waals surface area contributed by atoms with Gasteiger partial charge >= 0.3 is 17.9 Å². The Bertz CT molecular complexity index is 1650. The topological polar surface area (TPSA) is 278 Å². The quantitative estimate of drug-likeness (QED) is 0.0101. The summed E-state index contributed by atoms with van der Waals surface area (Å²) >= 11 is 0. The second kappa shape index (κ2) is 34.4. The molecule has 0 saturated heterocycles. The van der Waals surface area contributed by atoms with Crippen LogP contribution in [-0.4, -0.2) is 84.0 Å². The van der Waals surface area contributed by atoms with Crippen molar-refractivity contribution in [2.75, 3.05) is 37.9 Å². The van der Waals surface area contributed by atoms with Gasteiger partial charge in [0, 0.05) is 95.1 Å². The fourth-order valence-electron chi connectivity index (χ4n) is 5.99. The summed E-state index contributed by atoms with van der Waals surface area (Å²) in [6.07, 6.45) is 5.73. The van der Waals surface area contributed by atoms with Crippen molar-refractivity contribution in [3.63, 3.8) is 0 Å². The van der Waals surface area contributed by atoms with Crippen LogP contribution in [0.25, 0.3) is 0 Å². The van der Waals surface area contributed by atoms with E-state index < -0.39 is 41.5 Å². The number of Topliss-reactive ketones (excluding diaryl/α,β-unsaturated/α-hetero) is 3. The molecule has 63 heavy (non-hydrogen) atoms. The molecule has 0 spiro atoms. The Kier molecular flexibility index (Phi) is 30.5. The van der Waals surface area contributed by atoms with E-state index >= 15 is 0 Å². The van der Waals surface area contributed by atoms with Crippen LogP contribution in [0.4, 0.5) is 5.69 Å². The number of esters is 3. The van der Waals surface area contributed by atoms with Crippen molar-refractivity contribution in [3.05, 3.63) is 59.2 Å². The van der Waals surface area contributed by atoms with Gasteiger partial charge in [-0.05, 0) is 76.3 Å². The summed E-state index contributed by atoms with van der Waals surface area (Å²) in [5.41, 5.74) is 11.0. The minimum Gasteiger partial charge on any atom is -0.428 e. The number of nitrogens with two attached hydrogens (primary N) is 2. The van der Waals surface area contributed by atoms with E-state index in [0.29, 0.717) is 77.4 Å². The molecule has 1 amide bonds. The Morgan fingerprint density at radius 3 is 1.73 bits per heavy atom. The summed E-state index contributed by atoms with van der Waals surface area (Å²) < 4.78 is 15.9.